The molecular weight excluding hydrogens is 288 g/mol. The van der Waals surface area contributed by atoms with Crippen molar-refractivity contribution in [3.63, 3.8) is 0 Å². The van der Waals surface area contributed by atoms with Gasteiger partial charge in [0.25, 0.3) is 0 Å². The standard InChI is InChI=1S/C15H19ClN4O/c1-10-6-11(2)8-20(7-10)9-13-18-15(19-21-13)12-4-3-5-17-14(12)16/h3-5,10-11H,6-9H2,1-2H3/t10-,11-/m1/s1. The Kier molecular flexibility index (Phi) is 4.22. The molecule has 1 aliphatic rings. The van der Waals surface area contributed by atoms with E-state index in [1.165, 1.54) is 6.42 Å². The van der Waals surface area contributed by atoms with E-state index in [2.05, 4.69) is 33.9 Å². The molecule has 0 aromatic carbocycles. The molecular formula is C15H19ClN4O. The van der Waals surface area contributed by atoms with Gasteiger partial charge >= 0.3 is 0 Å². The first kappa shape index (κ1) is 14.5. The number of aromatic nitrogens is 3. The summed E-state index contributed by atoms with van der Waals surface area (Å²) < 4.78 is 5.36. The van der Waals surface area contributed by atoms with Crippen LogP contribution in [0.15, 0.2) is 22.9 Å². The Hall–Kier alpha value is -1.46. The monoisotopic (exact) mass is 306 g/mol. The Morgan fingerprint density at radius 3 is 2.81 bits per heavy atom. The fourth-order valence-electron chi connectivity index (χ4n) is 3.09. The molecule has 6 heteroatoms. The van der Waals surface area contributed by atoms with Crippen molar-refractivity contribution in [2.24, 2.45) is 11.8 Å². The molecule has 0 amide bonds. The summed E-state index contributed by atoms with van der Waals surface area (Å²) in [6.07, 6.45) is 2.93. The lowest BCUT2D eigenvalue weighted by molar-refractivity contribution is 0.121. The van der Waals surface area contributed by atoms with Crippen molar-refractivity contribution < 1.29 is 4.52 Å². The van der Waals surface area contributed by atoms with Gasteiger partial charge in [-0.15, -0.1) is 0 Å². The third kappa shape index (κ3) is 3.41. The summed E-state index contributed by atoms with van der Waals surface area (Å²) in [4.78, 5) is 10.9. The van der Waals surface area contributed by atoms with Gasteiger partial charge in [0.15, 0.2) is 0 Å². The van der Waals surface area contributed by atoms with Crippen molar-refractivity contribution >= 4 is 11.6 Å². The van der Waals surface area contributed by atoms with Gasteiger partial charge in [0.2, 0.25) is 11.7 Å². The van der Waals surface area contributed by atoms with E-state index in [0.29, 0.717) is 40.8 Å². The Labute approximate surface area is 129 Å². The molecule has 21 heavy (non-hydrogen) atoms. The van der Waals surface area contributed by atoms with Gasteiger partial charge < -0.3 is 4.52 Å². The summed E-state index contributed by atoms with van der Waals surface area (Å²) in [6, 6.07) is 3.65. The van der Waals surface area contributed by atoms with E-state index < -0.39 is 0 Å². The predicted molar refractivity (Wildman–Crippen MR) is 80.8 cm³/mol. The van der Waals surface area contributed by atoms with E-state index in [1.54, 1.807) is 6.20 Å². The first-order valence-corrected chi connectivity index (χ1v) is 7.65. The van der Waals surface area contributed by atoms with E-state index in [-0.39, 0.29) is 0 Å². The maximum absolute atomic E-state index is 6.05. The van der Waals surface area contributed by atoms with Crippen molar-refractivity contribution in [3.05, 3.63) is 29.4 Å². The minimum Gasteiger partial charge on any atom is -0.338 e. The third-order valence-corrected chi connectivity index (χ3v) is 4.07. The first-order valence-electron chi connectivity index (χ1n) is 7.27. The number of hydrogen-bond acceptors (Lipinski definition) is 5. The molecule has 1 aliphatic heterocycles. The van der Waals surface area contributed by atoms with Crippen LogP contribution >= 0.6 is 11.6 Å². The van der Waals surface area contributed by atoms with Crippen LogP contribution in [0.3, 0.4) is 0 Å². The van der Waals surface area contributed by atoms with E-state index >= 15 is 0 Å². The first-order chi connectivity index (χ1) is 10.1. The molecule has 2 aromatic heterocycles. The molecule has 0 bridgehead atoms. The van der Waals surface area contributed by atoms with Gasteiger partial charge in [-0.2, -0.15) is 4.98 Å². The number of pyridine rings is 1. The zero-order valence-electron chi connectivity index (χ0n) is 12.3. The molecule has 0 unspecified atom stereocenters. The lowest BCUT2D eigenvalue weighted by atomic mass is 9.92. The van der Waals surface area contributed by atoms with Gasteiger partial charge in [-0.1, -0.05) is 30.6 Å². The smallest absolute Gasteiger partial charge is 0.241 e. The molecule has 0 N–H and O–H groups in total. The Balaban J connectivity index is 1.72. The number of rotatable bonds is 3. The SMILES string of the molecule is C[C@@H]1C[C@@H](C)CN(Cc2nc(-c3cccnc3Cl)no2)C1. The van der Waals surface area contributed by atoms with Crippen LogP contribution in [0.5, 0.6) is 0 Å². The van der Waals surface area contributed by atoms with Gasteiger partial charge in [0, 0.05) is 19.3 Å². The van der Waals surface area contributed by atoms with Crippen LogP contribution in [0.25, 0.3) is 11.4 Å². The zero-order valence-corrected chi connectivity index (χ0v) is 13.0. The molecule has 3 heterocycles. The Morgan fingerprint density at radius 1 is 1.33 bits per heavy atom. The fourth-order valence-corrected chi connectivity index (χ4v) is 3.30. The topological polar surface area (TPSA) is 55.1 Å². The van der Waals surface area contributed by atoms with Crippen LogP contribution < -0.4 is 0 Å². The minimum absolute atomic E-state index is 0.394. The molecule has 2 atom stereocenters. The highest BCUT2D eigenvalue weighted by Crippen LogP contribution is 2.25. The van der Waals surface area contributed by atoms with Gasteiger partial charge in [0.1, 0.15) is 5.15 Å². The molecule has 0 saturated carbocycles. The lowest BCUT2D eigenvalue weighted by Gasteiger charge is -2.33. The Bertz CT molecular complexity index is 605. The van der Waals surface area contributed by atoms with Gasteiger partial charge in [-0.3, -0.25) is 4.90 Å². The van der Waals surface area contributed by atoms with Crippen molar-refractivity contribution in [1.82, 2.24) is 20.0 Å². The summed E-state index contributed by atoms with van der Waals surface area (Å²) in [5.41, 5.74) is 0.703. The summed E-state index contributed by atoms with van der Waals surface area (Å²) in [5, 5.41) is 4.41. The second-order valence-electron chi connectivity index (χ2n) is 5.99. The van der Waals surface area contributed by atoms with E-state index in [1.807, 2.05) is 12.1 Å². The van der Waals surface area contributed by atoms with E-state index in [0.717, 1.165) is 13.1 Å². The number of hydrogen-bond donors (Lipinski definition) is 0. The summed E-state index contributed by atoms with van der Waals surface area (Å²) in [6.45, 7) is 7.43. The fraction of sp³-hybridized carbons (Fsp3) is 0.533. The third-order valence-electron chi connectivity index (χ3n) is 3.77. The quantitative estimate of drug-likeness (QED) is 0.815. The molecule has 1 saturated heterocycles. The molecule has 2 aromatic rings. The van der Waals surface area contributed by atoms with E-state index in [4.69, 9.17) is 16.1 Å². The molecule has 3 rings (SSSR count). The van der Waals surface area contributed by atoms with Crippen LogP contribution in [0.4, 0.5) is 0 Å². The second-order valence-corrected chi connectivity index (χ2v) is 6.35. The van der Waals surface area contributed by atoms with Crippen molar-refractivity contribution in [2.45, 2.75) is 26.8 Å². The minimum atomic E-state index is 0.394. The molecule has 0 aliphatic carbocycles. The summed E-state index contributed by atoms with van der Waals surface area (Å²) in [5.74, 6) is 2.56. The number of halogens is 1. The molecule has 1 fully saturated rings. The molecule has 112 valence electrons. The molecule has 0 radical (unpaired) electrons. The van der Waals surface area contributed by atoms with Crippen molar-refractivity contribution in [1.29, 1.82) is 0 Å². The molecule has 0 spiro atoms. The van der Waals surface area contributed by atoms with Gasteiger partial charge in [-0.05, 0) is 30.4 Å². The number of nitrogens with zero attached hydrogens (tertiary/aromatic N) is 4. The largest absolute Gasteiger partial charge is 0.338 e. The normalized spacial score (nSPS) is 23.4. The zero-order chi connectivity index (χ0) is 14.8. The summed E-state index contributed by atoms with van der Waals surface area (Å²) in [7, 11) is 0. The predicted octanol–water partition coefficient (Wildman–Crippen LogP) is 3.26. The average Bonchev–Trinajstić information content (AvgIpc) is 2.86. The van der Waals surface area contributed by atoms with Gasteiger partial charge in [-0.25, -0.2) is 4.98 Å². The highest BCUT2D eigenvalue weighted by Gasteiger charge is 2.23. The van der Waals surface area contributed by atoms with Crippen molar-refractivity contribution in [2.75, 3.05) is 13.1 Å². The highest BCUT2D eigenvalue weighted by atomic mass is 35.5. The van der Waals surface area contributed by atoms with Crippen LogP contribution in [0, 0.1) is 11.8 Å². The Morgan fingerprint density at radius 2 is 2.10 bits per heavy atom. The van der Waals surface area contributed by atoms with Crippen LogP contribution in [-0.2, 0) is 6.54 Å². The van der Waals surface area contributed by atoms with Crippen LogP contribution in [-0.4, -0.2) is 33.1 Å². The van der Waals surface area contributed by atoms with E-state index in [9.17, 15) is 0 Å². The molecule has 5 nitrogen and oxygen atoms in total. The number of likely N-dealkylation sites (tertiary alicyclic amines) is 1. The second kappa shape index (κ2) is 6.12. The highest BCUT2D eigenvalue weighted by molar-refractivity contribution is 6.31. The maximum atomic E-state index is 6.05. The number of piperidine rings is 1. The average molecular weight is 307 g/mol. The lowest BCUT2D eigenvalue weighted by Crippen LogP contribution is -2.38. The summed E-state index contributed by atoms with van der Waals surface area (Å²) >= 11 is 6.05. The maximum Gasteiger partial charge on any atom is 0.241 e. The van der Waals surface area contributed by atoms with Crippen LogP contribution in [0.1, 0.15) is 26.2 Å². The van der Waals surface area contributed by atoms with Crippen molar-refractivity contribution in [3.8, 4) is 11.4 Å². The van der Waals surface area contributed by atoms with Crippen LogP contribution in [0.2, 0.25) is 5.15 Å². The van der Waals surface area contributed by atoms with Gasteiger partial charge in [0.05, 0.1) is 12.1 Å².